The topological polar surface area (TPSA) is 116 Å². The molecular weight excluding hydrogens is 240 g/mol. The number of nitrogens with two attached hydrogens (primary N) is 3. The van der Waals surface area contributed by atoms with Crippen molar-refractivity contribution in [1.82, 2.24) is 15.5 Å². The van der Waals surface area contributed by atoms with Crippen LogP contribution in [-0.4, -0.2) is 21.3 Å². The average molecular weight is 264 g/mol. The van der Waals surface area contributed by atoms with Gasteiger partial charge in [-0.05, 0) is 46.5 Å². The molecule has 0 radical (unpaired) electrons. The van der Waals surface area contributed by atoms with E-state index in [2.05, 4.69) is 43.2 Å². The summed E-state index contributed by atoms with van der Waals surface area (Å²) in [4.78, 5) is 0. The van der Waals surface area contributed by atoms with Crippen LogP contribution in [0.5, 0.6) is 0 Å². The minimum absolute atomic E-state index is 0.0172. The van der Waals surface area contributed by atoms with E-state index in [1.165, 1.54) is 0 Å². The van der Waals surface area contributed by atoms with Gasteiger partial charge in [0.2, 0.25) is 0 Å². The number of nitrogen functional groups attached to an aromatic ring is 3. The molecule has 2 heterocycles. The summed E-state index contributed by atoms with van der Waals surface area (Å²) >= 11 is 0. The Balaban J connectivity index is 2.44. The number of anilines is 3. The Hall–Kier alpha value is -1.56. The fourth-order valence-corrected chi connectivity index (χ4v) is 3.45. The van der Waals surface area contributed by atoms with E-state index in [0.29, 0.717) is 11.5 Å². The molecule has 0 amide bonds. The van der Waals surface area contributed by atoms with Gasteiger partial charge < -0.3 is 22.5 Å². The van der Waals surface area contributed by atoms with Crippen LogP contribution in [0.1, 0.15) is 52.0 Å². The predicted octanol–water partition coefficient (Wildman–Crippen LogP) is 1.25. The van der Waals surface area contributed by atoms with Gasteiger partial charge in [-0.2, -0.15) is 0 Å². The third kappa shape index (κ3) is 2.73. The maximum atomic E-state index is 6.06. The number of piperidine rings is 1. The van der Waals surface area contributed by atoms with Crippen LogP contribution in [0.3, 0.4) is 0 Å². The average Bonchev–Trinajstić information content (AvgIpc) is 2.19. The molecule has 1 aliphatic heterocycles. The van der Waals surface area contributed by atoms with Crippen LogP contribution in [-0.2, 0) is 0 Å². The van der Waals surface area contributed by atoms with Crippen LogP contribution in [0.4, 0.5) is 17.3 Å². The standard InChI is InChI=1S/C13H24N6/c1-12(2)5-7(6-13(3,4)19-12)8-9(14)11(16)18-17-10(8)15/h7,19H,5-6H2,1-4H3,(H2,16,18)(H4,14,15,17). The Morgan fingerprint density at radius 1 is 0.947 bits per heavy atom. The van der Waals surface area contributed by atoms with Crippen molar-refractivity contribution in [3.05, 3.63) is 5.56 Å². The highest BCUT2D eigenvalue weighted by atomic mass is 15.2. The van der Waals surface area contributed by atoms with Crippen molar-refractivity contribution >= 4 is 17.3 Å². The predicted molar refractivity (Wildman–Crippen MR) is 78.5 cm³/mol. The zero-order valence-electron chi connectivity index (χ0n) is 12.1. The quantitative estimate of drug-likeness (QED) is 0.606. The zero-order valence-corrected chi connectivity index (χ0v) is 12.1. The third-order valence-electron chi connectivity index (χ3n) is 3.71. The second kappa shape index (κ2) is 4.23. The van der Waals surface area contributed by atoms with Crippen molar-refractivity contribution in [2.24, 2.45) is 0 Å². The van der Waals surface area contributed by atoms with E-state index in [-0.39, 0.29) is 22.8 Å². The molecule has 0 spiro atoms. The summed E-state index contributed by atoms with van der Waals surface area (Å²) in [5.41, 5.74) is 19.2. The molecule has 0 unspecified atom stereocenters. The van der Waals surface area contributed by atoms with E-state index in [1.54, 1.807) is 0 Å². The summed E-state index contributed by atoms with van der Waals surface area (Å²) in [7, 11) is 0. The third-order valence-corrected chi connectivity index (χ3v) is 3.71. The first-order valence-electron chi connectivity index (χ1n) is 6.58. The van der Waals surface area contributed by atoms with Crippen molar-refractivity contribution in [3.8, 4) is 0 Å². The van der Waals surface area contributed by atoms with E-state index < -0.39 is 0 Å². The van der Waals surface area contributed by atoms with Crippen molar-refractivity contribution in [2.45, 2.75) is 57.5 Å². The van der Waals surface area contributed by atoms with Gasteiger partial charge in [0.25, 0.3) is 0 Å². The molecule has 0 saturated carbocycles. The van der Waals surface area contributed by atoms with Gasteiger partial charge in [0, 0.05) is 16.6 Å². The smallest absolute Gasteiger partial charge is 0.169 e. The number of hydrogen-bond acceptors (Lipinski definition) is 6. The molecule has 0 aliphatic carbocycles. The summed E-state index contributed by atoms with van der Waals surface area (Å²) in [6.45, 7) is 8.74. The van der Waals surface area contributed by atoms with Gasteiger partial charge in [-0.15, -0.1) is 10.2 Å². The van der Waals surface area contributed by atoms with E-state index in [0.717, 1.165) is 18.4 Å². The van der Waals surface area contributed by atoms with Crippen LogP contribution in [0, 0.1) is 0 Å². The van der Waals surface area contributed by atoms with E-state index >= 15 is 0 Å². The van der Waals surface area contributed by atoms with Gasteiger partial charge in [-0.1, -0.05) is 0 Å². The number of hydrogen-bond donors (Lipinski definition) is 4. The molecule has 7 N–H and O–H groups in total. The van der Waals surface area contributed by atoms with E-state index in [1.807, 2.05) is 0 Å². The van der Waals surface area contributed by atoms with Crippen molar-refractivity contribution in [1.29, 1.82) is 0 Å². The van der Waals surface area contributed by atoms with Gasteiger partial charge in [0.1, 0.15) is 0 Å². The number of rotatable bonds is 1. The lowest BCUT2D eigenvalue weighted by atomic mass is 9.73. The van der Waals surface area contributed by atoms with Crippen molar-refractivity contribution in [2.75, 3.05) is 17.2 Å². The summed E-state index contributed by atoms with van der Waals surface area (Å²) in [6.07, 6.45) is 1.88. The maximum absolute atomic E-state index is 6.06. The molecule has 0 bridgehead atoms. The lowest BCUT2D eigenvalue weighted by molar-refractivity contribution is 0.162. The van der Waals surface area contributed by atoms with Gasteiger partial charge in [-0.3, -0.25) is 0 Å². The Morgan fingerprint density at radius 3 is 1.95 bits per heavy atom. The van der Waals surface area contributed by atoms with Crippen molar-refractivity contribution < 1.29 is 0 Å². The van der Waals surface area contributed by atoms with Crippen LogP contribution in [0.25, 0.3) is 0 Å². The van der Waals surface area contributed by atoms with Crippen LogP contribution in [0.15, 0.2) is 0 Å². The minimum atomic E-state index is 0.0172. The van der Waals surface area contributed by atoms with E-state index in [9.17, 15) is 0 Å². The number of nitrogens with one attached hydrogen (secondary N) is 1. The molecule has 106 valence electrons. The highest BCUT2D eigenvalue weighted by Gasteiger charge is 2.39. The first-order chi connectivity index (χ1) is 8.61. The fourth-order valence-electron chi connectivity index (χ4n) is 3.45. The van der Waals surface area contributed by atoms with Crippen LogP contribution in [0.2, 0.25) is 0 Å². The van der Waals surface area contributed by atoms with Crippen LogP contribution >= 0.6 is 0 Å². The lowest BCUT2D eigenvalue weighted by Crippen LogP contribution is -2.57. The molecule has 1 fully saturated rings. The molecule has 2 rings (SSSR count). The first-order valence-corrected chi connectivity index (χ1v) is 6.58. The summed E-state index contributed by atoms with van der Waals surface area (Å²) in [5, 5.41) is 11.3. The summed E-state index contributed by atoms with van der Waals surface area (Å²) < 4.78 is 0. The van der Waals surface area contributed by atoms with Gasteiger partial charge in [0.15, 0.2) is 11.6 Å². The Bertz CT molecular complexity index is 478. The second-order valence-electron chi connectivity index (χ2n) is 6.80. The Morgan fingerprint density at radius 2 is 1.42 bits per heavy atom. The van der Waals surface area contributed by atoms with Gasteiger partial charge >= 0.3 is 0 Å². The molecule has 0 atom stereocenters. The minimum Gasteiger partial charge on any atom is -0.395 e. The van der Waals surface area contributed by atoms with Crippen molar-refractivity contribution in [3.63, 3.8) is 0 Å². The van der Waals surface area contributed by atoms with Crippen LogP contribution < -0.4 is 22.5 Å². The Kier molecular flexibility index (Phi) is 3.09. The molecule has 1 saturated heterocycles. The molecule has 1 aromatic rings. The first kappa shape index (κ1) is 13.9. The molecule has 19 heavy (non-hydrogen) atoms. The number of nitrogens with zero attached hydrogens (tertiary/aromatic N) is 2. The zero-order chi connectivity index (χ0) is 14.4. The number of aromatic nitrogens is 2. The summed E-state index contributed by atoms with van der Waals surface area (Å²) in [5.74, 6) is 0.896. The summed E-state index contributed by atoms with van der Waals surface area (Å²) in [6, 6.07) is 0. The fraction of sp³-hybridized carbons (Fsp3) is 0.692. The SMILES string of the molecule is CC1(C)CC(c2c(N)nnc(N)c2N)CC(C)(C)N1. The Labute approximate surface area is 114 Å². The molecule has 6 nitrogen and oxygen atoms in total. The highest BCUT2D eigenvalue weighted by molar-refractivity contribution is 5.69. The maximum Gasteiger partial charge on any atom is 0.169 e. The second-order valence-corrected chi connectivity index (χ2v) is 6.80. The lowest BCUT2D eigenvalue weighted by Gasteiger charge is -2.47. The molecule has 0 aromatic carbocycles. The van der Waals surface area contributed by atoms with Gasteiger partial charge in [-0.25, -0.2) is 0 Å². The normalized spacial score (nSPS) is 22.3. The molecular formula is C13H24N6. The largest absolute Gasteiger partial charge is 0.395 e. The van der Waals surface area contributed by atoms with Gasteiger partial charge in [0.05, 0.1) is 5.69 Å². The molecule has 6 heteroatoms. The van der Waals surface area contributed by atoms with E-state index in [4.69, 9.17) is 17.2 Å². The monoisotopic (exact) mass is 264 g/mol. The molecule has 1 aromatic heterocycles. The molecule has 1 aliphatic rings. The highest BCUT2D eigenvalue weighted by Crippen LogP contribution is 2.43.